The normalized spacial score (nSPS) is 11.3. The molecule has 0 aliphatic carbocycles. The lowest BCUT2D eigenvalue weighted by atomic mass is 10.0. The molecule has 0 saturated heterocycles. The number of carbonyl (C=O) groups excluding carboxylic acids is 3. The van der Waals surface area contributed by atoms with Crippen LogP contribution in [0.2, 0.25) is 0 Å². The predicted molar refractivity (Wildman–Crippen MR) is 116 cm³/mol. The van der Waals surface area contributed by atoms with E-state index in [0.29, 0.717) is 17.1 Å². The van der Waals surface area contributed by atoms with Gasteiger partial charge in [-0.25, -0.2) is 0 Å². The zero-order chi connectivity index (χ0) is 22.2. The standard InChI is InChI=1S/C23H23N3O5/c1-15(27)24-18-14-17(10-11-20(18)30-2)25-22(28)19(13-16-7-4-3-5-8-16)26-23(29)21-9-6-12-31-21/h3-12,14,19H,13H2,1-2H3,(H,24,27)(H,25,28)(H,26,29). The first kappa shape index (κ1) is 21.6. The first-order valence-electron chi connectivity index (χ1n) is 9.61. The molecule has 3 amide bonds. The summed E-state index contributed by atoms with van der Waals surface area (Å²) in [4.78, 5) is 37.0. The van der Waals surface area contributed by atoms with Crippen molar-refractivity contribution in [3.63, 3.8) is 0 Å². The summed E-state index contributed by atoms with van der Waals surface area (Å²) < 4.78 is 10.4. The summed E-state index contributed by atoms with van der Waals surface area (Å²) in [5, 5.41) is 8.17. The van der Waals surface area contributed by atoms with Gasteiger partial charge in [-0.1, -0.05) is 30.3 Å². The topological polar surface area (TPSA) is 110 Å². The van der Waals surface area contributed by atoms with Crippen molar-refractivity contribution in [2.45, 2.75) is 19.4 Å². The van der Waals surface area contributed by atoms with Gasteiger partial charge in [0.05, 0.1) is 19.1 Å². The number of nitrogens with one attached hydrogen (secondary N) is 3. The molecule has 0 saturated carbocycles. The molecule has 0 radical (unpaired) electrons. The van der Waals surface area contributed by atoms with E-state index in [0.717, 1.165) is 5.56 Å². The summed E-state index contributed by atoms with van der Waals surface area (Å²) in [5.41, 5.74) is 1.75. The molecule has 0 aliphatic heterocycles. The van der Waals surface area contributed by atoms with Crippen LogP contribution in [0.4, 0.5) is 11.4 Å². The lowest BCUT2D eigenvalue weighted by Crippen LogP contribution is -2.45. The highest BCUT2D eigenvalue weighted by Crippen LogP contribution is 2.28. The molecule has 8 nitrogen and oxygen atoms in total. The van der Waals surface area contributed by atoms with Crippen molar-refractivity contribution in [1.29, 1.82) is 0 Å². The van der Waals surface area contributed by atoms with Crippen LogP contribution in [-0.2, 0) is 16.0 Å². The molecular formula is C23H23N3O5. The van der Waals surface area contributed by atoms with Crippen LogP contribution in [0, 0.1) is 0 Å². The van der Waals surface area contributed by atoms with E-state index in [4.69, 9.17) is 9.15 Å². The maximum atomic E-state index is 13.0. The second-order valence-corrected chi connectivity index (χ2v) is 6.78. The molecule has 8 heteroatoms. The summed E-state index contributed by atoms with van der Waals surface area (Å²) in [6, 6.07) is 16.5. The maximum absolute atomic E-state index is 13.0. The number of furan rings is 1. The molecule has 1 unspecified atom stereocenters. The van der Waals surface area contributed by atoms with Crippen molar-refractivity contribution in [1.82, 2.24) is 5.32 Å². The monoisotopic (exact) mass is 421 g/mol. The summed E-state index contributed by atoms with van der Waals surface area (Å²) in [6.45, 7) is 1.38. The Labute approximate surface area is 179 Å². The molecule has 1 aromatic heterocycles. The van der Waals surface area contributed by atoms with Gasteiger partial charge in [-0.3, -0.25) is 14.4 Å². The third-order valence-corrected chi connectivity index (χ3v) is 4.43. The molecule has 0 aliphatic rings. The van der Waals surface area contributed by atoms with Crippen molar-refractivity contribution in [3.8, 4) is 5.75 Å². The first-order chi connectivity index (χ1) is 15.0. The fourth-order valence-corrected chi connectivity index (χ4v) is 3.00. The zero-order valence-corrected chi connectivity index (χ0v) is 17.2. The Bertz CT molecular complexity index is 1050. The van der Waals surface area contributed by atoms with Crippen LogP contribution in [0.25, 0.3) is 0 Å². The molecule has 2 aromatic carbocycles. The Morgan fingerprint density at radius 2 is 1.77 bits per heavy atom. The molecule has 160 valence electrons. The van der Waals surface area contributed by atoms with E-state index < -0.39 is 17.9 Å². The highest BCUT2D eigenvalue weighted by molar-refractivity contribution is 6.01. The number of rotatable bonds is 8. The SMILES string of the molecule is COc1ccc(NC(=O)C(Cc2ccccc2)NC(=O)c2ccco2)cc1NC(C)=O. The van der Waals surface area contributed by atoms with Gasteiger partial charge in [0, 0.05) is 19.0 Å². The third kappa shape index (κ3) is 5.96. The van der Waals surface area contributed by atoms with Crippen LogP contribution in [0.3, 0.4) is 0 Å². The van der Waals surface area contributed by atoms with E-state index >= 15 is 0 Å². The largest absolute Gasteiger partial charge is 0.495 e. The fraction of sp³-hybridized carbons (Fsp3) is 0.174. The number of hydrogen-bond acceptors (Lipinski definition) is 5. The maximum Gasteiger partial charge on any atom is 0.287 e. The minimum Gasteiger partial charge on any atom is -0.495 e. The van der Waals surface area contributed by atoms with Crippen molar-refractivity contribution >= 4 is 29.1 Å². The average Bonchev–Trinajstić information content (AvgIpc) is 3.29. The number of anilines is 2. The van der Waals surface area contributed by atoms with Gasteiger partial charge < -0.3 is 25.1 Å². The van der Waals surface area contributed by atoms with E-state index in [9.17, 15) is 14.4 Å². The number of methoxy groups -OCH3 is 1. The summed E-state index contributed by atoms with van der Waals surface area (Å²) in [5.74, 6) is -0.602. The Morgan fingerprint density at radius 1 is 1.00 bits per heavy atom. The highest BCUT2D eigenvalue weighted by atomic mass is 16.5. The van der Waals surface area contributed by atoms with Gasteiger partial charge in [-0.05, 0) is 35.9 Å². The molecular weight excluding hydrogens is 398 g/mol. The van der Waals surface area contributed by atoms with E-state index in [1.165, 1.54) is 26.4 Å². The number of hydrogen-bond donors (Lipinski definition) is 3. The zero-order valence-electron chi connectivity index (χ0n) is 17.2. The van der Waals surface area contributed by atoms with E-state index in [2.05, 4.69) is 16.0 Å². The summed E-state index contributed by atoms with van der Waals surface area (Å²) in [6.07, 6.45) is 1.68. The van der Waals surface area contributed by atoms with Crippen molar-refractivity contribution in [3.05, 3.63) is 78.3 Å². The summed E-state index contributed by atoms with van der Waals surface area (Å²) >= 11 is 0. The molecule has 0 spiro atoms. The van der Waals surface area contributed by atoms with Crippen LogP contribution in [0.1, 0.15) is 23.0 Å². The van der Waals surface area contributed by atoms with Gasteiger partial charge >= 0.3 is 0 Å². The van der Waals surface area contributed by atoms with Gasteiger partial charge in [0.25, 0.3) is 5.91 Å². The Balaban J connectivity index is 1.80. The Kier molecular flexibility index (Phi) is 7.05. The van der Waals surface area contributed by atoms with Crippen molar-refractivity contribution in [2.24, 2.45) is 0 Å². The smallest absolute Gasteiger partial charge is 0.287 e. The summed E-state index contributed by atoms with van der Waals surface area (Å²) in [7, 11) is 1.49. The van der Waals surface area contributed by atoms with Crippen molar-refractivity contribution in [2.75, 3.05) is 17.7 Å². The third-order valence-electron chi connectivity index (χ3n) is 4.43. The van der Waals surface area contributed by atoms with Gasteiger partial charge in [0.15, 0.2) is 5.76 Å². The minimum absolute atomic E-state index is 0.114. The molecule has 31 heavy (non-hydrogen) atoms. The van der Waals surface area contributed by atoms with Gasteiger partial charge in [-0.2, -0.15) is 0 Å². The number of amides is 3. The molecule has 1 heterocycles. The predicted octanol–water partition coefficient (Wildman–Crippen LogP) is 3.23. The van der Waals surface area contributed by atoms with Gasteiger partial charge in [-0.15, -0.1) is 0 Å². The van der Waals surface area contributed by atoms with E-state index in [-0.39, 0.29) is 18.1 Å². The number of benzene rings is 2. The highest BCUT2D eigenvalue weighted by Gasteiger charge is 2.23. The second kappa shape index (κ2) is 10.1. The lowest BCUT2D eigenvalue weighted by molar-refractivity contribution is -0.118. The van der Waals surface area contributed by atoms with Gasteiger partial charge in [0.1, 0.15) is 11.8 Å². The molecule has 0 bridgehead atoms. The Morgan fingerprint density at radius 3 is 2.42 bits per heavy atom. The molecule has 3 rings (SSSR count). The fourth-order valence-electron chi connectivity index (χ4n) is 3.00. The quantitative estimate of drug-likeness (QED) is 0.517. The molecule has 0 fully saturated rings. The van der Waals surface area contributed by atoms with Crippen LogP contribution >= 0.6 is 0 Å². The van der Waals surface area contributed by atoms with Crippen molar-refractivity contribution < 1.29 is 23.5 Å². The lowest BCUT2D eigenvalue weighted by Gasteiger charge is -2.19. The van der Waals surface area contributed by atoms with Crippen LogP contribution < -0.4 is 20.7 Å². The average molecular weight is 421 g/mol. The molecule has 3 aromatic rings. The van der Waals surface area contributed by atoms with Crippen LogP contribution in [0.5, 0.6) is 5.75 Å². The number of carbonyl (C=O) groups is 3. The minimum atomic E-state index is -0.855. The first-order valence-corrected chi connectivity index (χ1v) is 9.61. The van der Waals surface area contributed by atoms with E-state index in [1.54, 1.807) is 24.3 Å². The van der Waals surface area contributed by atoms with Gasteiger partial charge in [0.2, 0.25) is 11.8 Å². The van der Waals surface area contributed by atoms with E-state index in [1.807, 2.05) is 30.3 Å². The second-order valence-electron chi connectivity index (χ2n) is 6.78. The van der Waals surface area contributed by atoms with Crippen LogP contribution in [-0.4, -0.2) is 30.9 Å². The Hall–Kier alpha value is -4.07. The molecule has 3 N–H and O–H groups in total. The molecule has 1 atom stereocenters. The number of ether oxygens (including phenoxy) is 1. The van der Waals surface area contributed by atoms with Crippen LogP contribution in [0.15, 0.2) is 71.3 Å².